The highest BCUT2D eigenvalue weighted by Gasteiger charge is 2.36. The second-order valence-corrected chi connectivity index (χ2v) is 14.1. The molecule has 0 aliphatic heterocycles. The van der Waals surface area contributed by atoms with Crippen LogP contribution in [0, 0.1) is 13.8 Å². The van der Waals surface area contributed by atoms with Crippen LogP contribution >= 0.6 is 23.2 Å². The Morgan fingerprint density at radius 3 is 1.67 bits per heavy atom. The van der Waals surface area contributed by atoms with E-state index in [2.05, 4.69) is 19.9 Å². The molecule has 9 rings (SSSR count). The zero-order valence-electron chi connectivity index (χ0n) is 28.1. The van der Waals surface area contributed by atoms with Crippen LogP contribution in [0.3, 0.4) is 0 Å². The third-order valence-electron chi connectivity index (χ3n) is 10.3. The molecule has 0 amide bonds. The third kappa shape index (κ3) is 4.94. The molecule has 0 fully saturated rings. The van der Waals surface area contributed by atoms with Crippen LogP contribution in [0.1, 0.15) is 38.4 Å². The van der Waals surface area contributed by atoms with Gasteiger partial charge in [-0.05, 0) is 78.6 Å². The van der Waals surface area contributed by atoms with Gasteiger partial charge in [-0.1, -0.05) is 89.9 Å². The van der Waals surface area contributed by atoms with Gasteiger partial charge in [0.25, 0.3) is 0 Å². The van der Waals surface area contributed by atoms with Gasteiger partial charge in [-0.25, -0.2) is 0 Å². The number of carbonyl (C=O) groups is 1. The number of aromatic nitrogens is 4. The minimum Gasteiger partial charge on any atom is -0.376 e. The van der Waals surface area contributed by atoms with Gasteiger partial charge in [0.2, 0.25) is 0 Å². The molecule has 0 aliphatic carbocycles. The first-order chi connectivity index (χ1) is 25.2. The lowest BCUT2D eigenvalue weighted by atomic mass is 9.77. The van der Waals surface area contributed by atoms with Crippen molar-refractivity contribution in [3.05, 3.63) is 165 Å². The van der Waals surface area contributed by atoms with Crippen molar-refractivity contribution in [2.75, 3.05) is 0 Å². The predicted molar refractivity (Wildman–Crippen MR) is 211 cm³/mol. The Hall–Kier alpha value is -5.79. The molecular formula is C44H30Cl2N4O2. The summed E-state index contributed by atoms with van der Waals surface area (Å²) in [5.41, 5.74) is 9.35. The summed E-state index contributed by atoms with van der Waals surface area (Å²) in [5.74, 6) is 0. The molecule has 0 spiro atoms. The molecule has 252 valence electrons. The third-order valence-corrected chi connectivity index (χ3v) is 10.7. The standard InChI is InChI=1S/C44H30Cl2N4O2/c1-24-40-33(14-16-47-24)37-21-31(45)19-35(42(37)49-40)26-10-12-30(13-11-26)44(52,29-6-4-3-5-7-29)39-18-27(8-9-28(39)23-51)36-20-32(46)22-38-34-15-17-48-25(2)41(34)50-43(36)38/h3-23,49-50,52H,1-2H3. The Balaban J connectivity index is 1.23. The molecule has 5 aromatic carbocycles. The van der Waals surface area contributed by atoms with E-state index in [0.29, 0.717) is 32.3 Å². The molecule has 3 N–H and O–H groups in total. The van der Waals surface area contributed by atoms with Crippen molar-refractivity contribution in [3.8, 4) is 22.3 Å². The average molecular weight is 718 g/mol. The summed E-state index contributed by atoms with van der Waals surface area (Å²) in [6.07, 6.45) is 4.39. The minimum atomic E-state index is -1.70. The van der Waals surface area contributed by atoms with Crippen molar-refractivity contribution >= 4 is 73.1 Å². The highest BCUT2D eigenvalue weighted by molar-refractivity contribution is 6.33. The number of aryl methyl sites for hydroxylation is 2. The zero-order chi connectivity index (χ0) is 35.7. The summed E-state index contributed by atoms with van der Waals surface area (Å²) < 4.78 is 0. The first kappa shape index (κ1) is 32.1. The van der Waals surface area contributed by atoms with Gasteiger partial charge in [-0.15, -0.1) is 0 Å². The fourth-order valence-electron chi connectivity index (χ4n) is 7.70. The summed E-state index contributed by atoms with van der Waals surface area (Å²) >= 11 is 13.4. The number of hydrogen-bond donors (Lipinski definition) is 3. The number of rotatable bonds is 6. The van der Waals surface area contributed by atoms with Crippen LogP contribution in [0.2, 0.25) is 10.0 Å². The lowest BCUT2D eigenvalue weighted by Crippen LogP contribution is -2.30. The summed E-state index contributed by atoms with van der Waals surface area (Å²) in [5, 5.41) is 18.3. The van der Waals surface area contributed by atoms with E-state index in [4.69, 9.17) is 23.2 Å². The van der Waals surface area contributed by atoms with Crippen LogP contribution in [-0.4, -0.2) is 31.3 Å². The highest BCUT2D eigenvalue weighted by Crippen LogP contribution is 2.43. The maximum atomic E-state index is 13.1. The van der Waals surface area contributed by atoms with Crippen LogP contribution in [0.4, 0.5) is 0 Å². The fourth-order valence-corrected chi connectivity index (χ4v) is 8.13. The quantitative estimate of drug-likeness (QED) is 0.118. The highest BCUT2D eigenvalue weighted by atomic mass is 35.5. The van der Waals surface area contributed by atoms with Gasteiger partial charge in [0.15, 0.2) is 0 Å². The van der Waals surface area contributed by atoms with Gasteiger partial charge >= 0.3 is 0 Å². The molecule has 0 saturated carbocycles. The smallest absolute Gasteiger partial charge is 0.150 e. The number of carbonyl (C=O) groups excluding carboxylic acids is 1. The van der Waals surface area contributed by atoms with E-state index in [9.17, 15) is 9.90 Å². The topological polar surface area (TPSA) is 94.7 Å². The second kappa shape index (κ2) is 12.2. The van der Waals surface area contributed by atoms with E-state index in [1.807, 2.05) is 117 Å². The SMILES string of the molecule is Cc1nccc2c1[nH]c1c(-c3ccc(C(O)(c4ccccc4)c4cc(-c5cc(Cl)cc6c5[nH]c5c(C)nccc56)ccc4C=O)cc3)cc(Cl)cc12. The molecular weight excluding hydrogens is 687 g/mol. The lowest BCUT2D eigenvalue weighted by Gasteiger charge is -2.32. The van der Waals surface area contributed by atoms with Crippen LogP contribution in [-0.2, 0) is 5.60 Å². The number of halogens is 2. The van der Waals surface area contributed by atoms with Crippen molar-refractivity contribution in [2.45, 2.75) is 19.4 Å². The Bertz CT molecular complexity index is 2880. The summed E-state index contributed by atoms with van der Waals surface area (Å²) in [7, 11) is 0. The van der Waals surface area contributed by atoms with Gasteiger partial charge in [0.05, 0.1) is 33.5 Å². The van der Waals surface area contributed by atoms with Crippen LogP contribution in [0.25, 0.3) is 65.9 Å². The van der Waals surface area contributed by atoms with Crippen LogP contribution in [0.5, 0.6) is 0 Å². The Labute approximate surface area is 308 Å². The number of nitrogens with one attached hydrogen (secondary N) is 2. The van der Waals surface area contributed by atoms with Gasteiger partial charge in [-0.2, -0.15) is 0 Å². The van der Waals surface area contributed by atoms with Gasteiger partial charge in [-0.3, -0.25) is 14.8 Å². The maximum absolute atomic E-state index is 13.1. The maximum Gasteiger partial charge on any atom is 0.150 e. The molecule has 1 unspecified atom stereocenters. The van der Waals surface area contributed by atoms with E-state index in [1.54, 1.807) is 18.5 Å². The van der Waals surface area contributed by atoms with Crippen molar-refractivity contribution in [1.82, 2.24) is 19.9 Å². The van der Waals surface area contributed by atoms with Crippen molar-refractivity contribution in [1.29, 1.82) is 0 Å². The molecule has 0 aliphatic rings. The van der Waals surface area contributed by atoms with E-state index < -0.39 is 5.60 Å². The lowest BCUT2D eigenvalue weighted by molar-refractivity contribution is 0.108. The molecule has 1 atom stereocenters. The molecule has 52 heavy (non-hydrogen) atoms. The molecule has 0 radical (unpaired) electrons. The molecule has 9 aromatic rings. The van der Waals surface area contributed by atoms with E-state index in [-0.39, 0.29) is 0 Å². The molecule has 0 bridgehead atoms. The monoisotopic (exact) mass is 716 g/mol. The second-order valence-electron chi connectivity index (χ2n) is 13.2. The van der Waals surface area contributed by atoms with Crippen molar-refractivity contribution in [3.63, 3.8) is 0 Å². The first-order valence-electron chi connectivity index (χ1n) is 16.9. The van der Waals surface area contributed by atoms with E-state index >= 15 is 0 Å². The summed E-state index contributed by atoms with van der Waals surface area (Å²) in [4.78, 5) is 28.8. The van der Waals surface area contributed by atoms with Gasteiger partial charge < -0.3 is 15.1 Å². The summed E-state index contributed by atoms with van der Waals surface area (Å²) in [6, 6.07) is 34.5. The number of H-pyrrole nitrogens is 2. The molecule has 6 nitrogen and oxygen atoms in total. The Morgan fingerprint density at radius 2 is 1.12 bits per heavy atom. The number of aliphatic hydroxyl groups is 1. The number of aromatic amines is 2. The largest absolute Gasteiger partial charge is 0.376 e. The van der Waals surface area contributed by atoms with E-state index in [1.165, 1.54) is 0 Å². The van der Waals surface area contributed by atoms with Gasteiger partial charge in [0.1, 0.15) is 11.9 Å². The van der Waals surface area contributed by atoms with Crippen LogP contribution < -0.4 is 0 Å². The Kier molecular flexibility index (Phi) is 7.52. The molecule has 4 aromatic heterocycles. The average Bonchev–Trinajstić information content (AvgIpc) is 3.74. The van der Waals surface area contributed by atoms with Crippen LogP contribution in [0.15, 0.2) is 122 Å². The number of nitrogens with zero attached hydrogens (tertiary/aromatic N) is 2. The number of fused-ring (bicyclic) bond motifs is 6. The van der Waals surface area contributed by atoms with Gasteiger partial charge in [0, 0.05) is 66.2 Å². The van der Waals surface area contributed by atoms with Crippen molar-refractivity contribution < 1.29 is 9.90 Å². The first-order valence-corrected chi connectivity index (χ1v) is 17.6. The number of aldehydes is 1. The molecule has 4 heterocycles. The van der Waals surface area contributed by atoms with Crippen molar-refractivity contribution in [2.24, 2.45) is 0 Å². The number of pyridine rings is 2. The number of hydrogen-bond acceptors (Lipinski definition) is 4. The molecule has 0 saturated heterocycles. The summed E-state index contributed by atoms with van der Waals surface area (Å²) in [6.45, 7) is 3.95. The predicted octanol–water partition coefficient (Wildman–Crippen LogP) is 11.1. The fraction of sp³-hybridized carbons (Fsp3) is 0.0682. The zero-order valence-corrected chi connectivity index (χ0v) is 29.6. The Morgan fingerprint density at radius 1 is 0.596 bits per heavy atom. The van der Waals surface area contributed by atoms with E-state index in [0.717, 1.165) is 83.5 Å². The molecule has 8 heteroatoms. The number of benzene rings is 5. The minimum absolute atomic E-state index is 0.368. The normalized spacial score (nSPS) is 12.9.